The normalized spacial score (nSPS) is 17.9. The van der Waals surface area contributed by atoms with Crippen LogP contribution in [0.2, 0.25) is 0 Å². The zero-order valence-corrected chi connectivity index (χ0v) is 10.5. The summed E-state index contributed by atoms with van der Waals surface area (Å²) in [4.78, 5) is 10.9. The van der Waals surface area contributed by atoms with E-state index >= 15 is 0 Å². The first-order chi connectivity index (χ1) is 7.79. The Morgan fingerprint density at radius 1 is 1.41 bits per heavy atom. The number of nitrogens with zero attached hydrogens (tertiary/aromatic N) is 1. The average Bonchev–Trinajstić information content (AvgIpc) is 2.95. The highest BCUT2D eigenvalue weighted by Gasteiger charge is 2.56. The van der Waals surface area contributed by atoms with Crippen LogP contribution < -0.4 is 5.73 Å². The molecule has 0 heterocycles. The highest BCUT2D eigenvalue weighted by molar-refractivity contribution is 5.54. The van der Waals surface area contributed by atoms with Gasteiger partial charge in [-0.25, -0.2) is 0 Å². The van der Waals surface area contributed by atoms with E-state index in [2.05, 4.69) is 0 Å². The second-order valence-corrected chi connectivity index (χ2v) is 5.53. The first-order valence-electron chi connectivity index (χ1n) is 5.83. The molecule has 0 aliphatic heterocycles. The van der Waals surface area contributed by atoms with Crippen LogP contribution in [0.15, 0.2) is 18.2 Å². The van der Waals surface area contributed by atoms with Crippen LogP contribution in [-0.4, -0.2) is 10.5 Å². The van der Waals surface area contributed by atoms with Crippen LogP contribution in [0.5, 0.6) is 0 Å². The highest BCUT2D eigenvalue weighted by atomic mass is 16.6. The molecule has 0 radical (unpaired) electrons. The Morgan fingerprint density at radius 2 is 2.00 bits per heavy atom. The molecule has 0 bridgehead atoms. The van der Waals surface area contributed by atoms with Crippen molar-refractivity contribution in [2.24, 2.45) is 5.73 Å². The van der Waals surface area contributed by atoms with Gasteiger partial charge in [0.25, 0.3) is 5.69 Å². The third-order valence-electron chi connectivity index (χ3n) is 3.92. The van der Waals surface area contributed by atoms with Gasteiger partial charge in [-0.2, -0.15) is 0 Å². The number of hydrogen-bond donors (Lipinski definition) is 1. The highest BCUT2D eigenvalue weighted by Crippen LogP contribution is 2.57. The van der Waals surface area contributed by atoms with Crippen molar-refractivity contribution in [3.05, 3.63) is 39.4 Å². The van der Waals surface area contributed by atoms with Crippen molar-refractivity contribution in [1.82, 2.24) is 0 Å². The largest absolute Gasteiger partial charge is 0.325 e. The first kappa shape index (κ1) is 12.0. The third-order valence-corrected chi connectivity index (χ3v) is 3.92. The van der Waals surface area contributed by atoms with Crippen LogP contribution in [0.25, 0.3) is 0 Å². The molecule has 1 saturated carbocycles. The molecule has 1 aliphatic rings. The number of para-hydroxylation sites is 1. The van der Waals surface area contributed by atoms with Crippen LogP contribution in [0.1, 0.15) is 37.8 Å². The van der Waals surface area contributed by atoms with Gasteiger partial charge in [-0.05, 0) is 33.6 Å². The smallest absolute Gasteiger partial charge is 0.276 e. The van der Waals surface area contributed by atoms with Crippen molar-refractivity contribution in [3.8, 4) is 0 Å². The van der Waals surface area contributed by atoms with Gasteiger partial charge in [-0.3, -0.25) is 10.1 Å². The van der Waals surface area contributed by atoms with E-state index in [1.165, 1.54) is 0 Å². The second kappa shape index (κ2) is 3.53. The number of aryl methyl sites for hydroxylation is 1. The van der Waals surface area contributed by atoms with E-state index in [-0.39, 0.29) is 16.0 Å². The van der Waals surface area contributed by atoms with Gasteiger partial charge in [-0.1, -0.05) is 18.2 Å². The second-order valence-electron chi connectivity index (χ2n) is 5.53. The lowest BCUT2D eigenvalue weighted by atomic mass is 9.78. The van der Waals surface area contributed by atoms with Gasteiger partial charge in [-0.15, -0.1) is 0 Å². The molecule has 0 saturated heterocycles. The van der Waals surface area contributed by atoms with E-state index in [0.717, 1.165) is 18.4 Å². The first-order valence-corrected chi connectivity index (χ1v) is 5.83. The van der Waals surface area contributed by atoms with E-state index < -0.39 is 5.54 Å². The monoisotopic (exact) mass is 234 g/mol. The lowest BCUT2D eigenvalue weighted by Crippen LogP contribution is -2.45. The molecule has 0 atom stereocenters. The minimum Gasteiger partial charge on any atom is -0.325 e. The summed E-state index contributed by atoms with van der Waals surface area (Å²) < 4.78 is 0. The van der Waals surface area contributed by atoms with Gasteiger partial charge in [0, 0.05) is 22.1 Å². The Balaban J connectivity index is 2.62. The predicted octanol–water partition coefficient (Wildman–Crippen LogP) is 2.67. The fourth-order valence-corrected chi connectivity index (χ4v) is 2.67. The summed E-state index contributed by atoms with van der Waals surface area (Å²) in [6.45, 7) is 5.68. The van der Waals surface area contributed by atoms with E-state index in [4.69, 9.17) is 5.73 Å². The molecule has 0 spiro atoms. The van der Waals surface area contributed by atoms with Gasteiger partial charge >= 0.3 is 0 Å². The van der Waals surface area contributed by atoms with Crippen LogP contribution in [0, 0.1) is 17.0 Å². The summed E-state index contributed by atoms with van der Waals surface area (Å²) in [6.07, 6.45) is 1.86. The van der Waals surface area contributed by atoms with Crippen molar-refractivity contribution in [2.75, 3.05) is 0 Å². The fraction of sp³-hybridized carbons (Fsp3) is 0.538. The van der Waals surface area contributed by atoms with E-state index in [9.17, 15) is 10.1 Å². The summed E-state index contributed by atoms with van der Waals surface area (Å²) in [6, 6.07) is 5.51. The number of rotatable bonds is 3. The van der Waals surface area contributed by atoms with Crippen LogP contribution >= 0.6 is 0 Å². The number of nitrogens with two attached hydrogens (primary N) is 1. The molecule has 92 valence electrons. The number of nitro benzene ring substituents is 1. The van der Waals surface area contributed by atoms with Crippen molar-refractivity contribution >= 4 is 5.69 Å². The minimum absolute atomic E-state index is 0.221. The molecule has 1 aromatic rings. The molecular formula is C13H18N2O2. The quantitative estimate of drug-likeness (QED) is 0.645. The molecule has 1 fully saturated rings. The minimum atomic E-state index is -0.425. The van der Waals surface area contributed by atoms with E-state index in [1.54, 1.807) is 13.0 Å². The summed E-state index contributed by atoms with van der Waals surface area (Å²) in [7, 11) is 0. The molecule has 2 rings (SSSR count). The summed E-state index contributed by atoms with van der Waals surface area (Å²) >= 11 is 0. The third kappa shape index (κ3) is 1.72. The van der Waals surface area contributed by atoms with E-state index in [0.29, 0.717) is 5.56 Å². The molecule has 4 nitrogen and oxygen atoms in total. The summed E-state index contributed by atoms with van der Waals surface area (Å²) in [5.74, 6) is 0. The maximum absolute atomic E-state index is 11.2. The standard InChI is InChI=1S/C13H18N2O2/c1-9-5-4-6-10(11(9)15(16)17)13(7-8-13)12(2,3)14/h4-6H,7-8,14H2,1-3H3. The summed E-state index contributed by atoms with van der Waals surface area (Å²) in [5.41, 5.74) is 7.31. The van der Waals surface area contributed by atoms with Crippen LogP contribution in [0.3, 0.4) is 0 Å². The Labute approximate surface area is 101 Å². The lowest BCUT2D eigenvalue weighted by Gasteiger charge is -2.31. The van der Waals surface area contributed by atoms with Crippen molar-refractivity contribution in [1.29, 1.82) is 0 Å². The Morgan fingerprint density at radius 3 is 2.41 bits per heavy atom. The molecule has 0 amide bonds. The predicted molar refractivity (Wildman–Crippen MR) is 67.0 cm³/mol. The fourth-order valence-electron chi connectivity index (χ4n) is 2.67. The van der Waals surface area contributed by atoms with Crippen molar-refractivity contribution in [3.63, 3.8) is 0 Å². The molecule has 4 heteroatoms. The topological polar surface area (TPSA) is 69.2 Å². The van der Waals surface area contributed by atoms with Crippen LogP contribution in [0.4, 0.5) is 5.69 Å². The maximum atomic E-state index is 11.2. The number of hydrogen-bond acceptors (Lipinski definition) is 3. The summed E-state index contributed by atoms with van der Waals surface area (Å²) in [5, 5.41) is 11.2. The van der Waals surface area contributed by atoms with Crippen LogP contribution in [-0.2, 0) is 5.41 Å². The van der Waals surface area contributed by atoms with Gasteiger partial charge in [0.15, 0.2) is 0 Å². The van der Waals surface area contributed by atoms with Gasteiger partial charge in [0.1, 0.15) is 0 Å². The molecule has 0 aromatic heterocycles. The Hall–Kier alpha value is -1.42. The molecule has 1 aliphatic carbocycles. The lowest BCUT2D eigenvalue weighted by molar-refractivity contribution is -0.386. The van der Waals surface area contributed by atoms with E-state index in [1.807, 2.05) is 26.0 Å². The molecule has 0 unspecified atom stereocenters. The van der Waals surface area contributed by atoms with Crippen molar-refractivity contribution in [2.45, 2.75) is 44.6 Å². The molecule has 2 N–H and O–H groups in total. The molecule has 1 aromatic carbocycles. The Bertz CT molecular complexity index is 471. The molecule has 17 heavy (non-hydrogen) atoms. The Kier molecular flexibility index (Phi) is 2.51. The number of benzene rings is 1. The average molecular weight is 234 g/mol. The van der Waals surface area contributed by atoms with Gasteiger partial charge in [0.05, 0.1) is 4.92 Å². The zero-order chi connectivity index (χ0) is 12.8. The number of nitro groups is 1. The SMILES string of the molecule is Cc1cccc(C2(C(C)(C)N)CC2)c1[N+](=O)[O-]. The molecular weight excluding hydrogens is 216 g/mol. The van der Waals surface area contributed by atoms with Gasteiger partial charge < -0.3 is 5.73 Å². The maximum Gasteiger partial charge on any atom is 0.276 e. The zero-order valence-electron chi connectivity index (χ0n) is 10.5. The van der Waals surface area contributed by atoms with Crippen molar-refractivity contribution < 1.29 is 4.92 Å². The van der Waals surface area contributed by atoms with Gasteiger partial charge in [0.2, 0.25) is 0 Å².